The molecule has 32 heavy (non-hydrogen) atoms. The molecule has 0 radical (unpaired) electrons. The zero-order valence-electron chi connectivity index (χ0n) is 16.5. The smallest absolute Gasteiger partial charge is 0.422 e. The number of nitrogens with zero attached hydrogens (tertiary/aromatic N) is 4. The third kappa shape index (κ3) is 5.59. The van der Waals surface area contributed by atoms with Crippen LogP contribution in [0.15, 0.2) is 48.9 Å². The van der Waals surface area contributed by atoms with Gasteiger partial charge in [0.2, 0.25) is 17.7 Å². The molecule has 1 aromatic carbocycles. The second kappa shape index (κ2) is 9.04. The minimum absolute atomic E-state index is 0.0605. The van der Waals surface area contributed by atoms with Gasteiger partial charge < -0.3 is 20.1 Å². The van der Waals surface area contributed by atoms with Crippen LogP contribution in [0.4, 0.5) is 19.0 Å². The van der Waals surface area contributed by atoms with Crippen LogP contribution in [-0.2, 0) is 4.79 Å². The summed E-state index contributed by atoms with van der Waals surface area (Å²) in [5.74, 6) is 1.21. The molecule has 2 aromatic heterocycles. The summed E-state index contributed by atoms with van der Waals surface area (Å²) >= 11 is 0. The highest BCUT2D eigenvalue weighted by Crippen LogP contribution is 2.24. The molecule has 1 saturated heterocycles. The maximum atomic E-state index is 12.2. The van der Waals surface area contributed by atoms with Gasteiger partial charge in [0.15, 0.2) is 12.4 Å². The molecule has 0 bridgehead atoms. The van der Waals surface area contributed by atoms with E-state index in [-0.39, 0.29) is 23.7 Å². The highest BCUT2D eigenvalue weighted by molar-refractivity contribution is 5.86. The number of alkyl halides is 3. The van der Waals surface area contributed by atoms with Crippen LogP contribution >= 0.6 is 0 Å². The van der Waals surface area contributed by atoms with Crippen LogP contribution < -0.4 is 20.1 Å². The van der Waals surface area contributed by atoms with Crippen molar-refractivity contribution in [3.63, 3.8) is 0 Å². The lowest BCUT2D eigenvalue weighted by Crippen LogP contribution is -2.29. The van der Waals surface area contributed by atoms with Crippen LogP contribution in [-0.4, -0.2) is 51.2 Å². The number of anilines is 1. The summed E-state index contributed by atoms with van der Waals surface area (Å²) in [6.45, 7) is -0.820. The van der Waals surface area contributed by atoms with Crippen molar-refractivity contribution in [2.75, 3.05) is 18.5 Å². The van der Waals surface area contributed by atoms with Gasteiger partial charge in [-0.25, -0.2) is 19.9 Å². The lowest BCUT2D eigenvalue weighted by Gasteiger charge is -2.11. The highest BCUT2D eigenvalue weighted by atomic mass is 19.4. The second-order valence-electron chi connectivity index (χ2n) is 6.77. The first-order valence-electron chi connectivity index (χ1n) is 9.53. The summed E-state index contributed by atoms with van der Waals surface area (Å²) < 4.78 is 46.5. The molecule has 3 aromatic rings. The Kier molecular flexibility index (Phi) is 6.01. The van der Waals surface area contributed by atoms with Crippen molar-refractivity contribution in [3.8, 4) is 28.9 Å². The van der Waals surface area contributed by atoms with E-state index in [1.807, 2.05) is 0 Å². The van der Waals surface area contributed by atoms with Gasteiger partial charge in [-0.15, -0.1) is 0 Å². The number of benzene rings is 1. The number of halogens is 3. The quantitative estimate of drug-likeness (QED) is 0.570. The normalized spacial score (nSPS) is 15.8. The van der Waals surface area contributed by atoms with Crippen molar-refractivity contribution in [2.24, 2.45) is 0 Å². The van der Waals surface area contributed by atoms with Gasteiger partial charge in [-0.05, 0) is 36.8 Å². The Bertz CT molecular complexity index is 1080. The van der Waals surface area contributed by atoms with Crippen molar-refractivity contribution >= 4 is 11.7 Å². The Balaban J connectivity index is 1.38. The number of nitrogens with one attached hydrogen (secondary N) is 2. The van der Waals surface area contributed by atoms with Crippen molar-refractivity contribution < 1.29 is 27.4 Å². The van der Waals surface area contributed by atoms with E-state index in [9.17, 15) is 18.0 Å². The molecule has 166 valence electrons. The van der Waals surface area contributed by atoms with Gasteiger partial charge >= 0.3 is 6.18 Å². The molecule has 1 atom stereocenters. The van der Waals surface area contributed by atoms with Crippen LogP contribution in [0.5, 0.6) is 17.5 Å². The average Bonchev–Trinajstić information content (AvgIpc) is 3.18. The van der Waals surface area contributed by atoms with E-state index in [0.717, 1.165) is 18.0 Å². The molecule has 3 heterocycles. The van der Waals surface area contributed by atoms with E-state index in [2.05, 4.69) is 35.3 Å². The monoisotopic (exact) mass is 446 g/mol. The predicted molar refractivity (Wildman–Crippen MR) is 106 cm³/mol. The second-order valence-corrected chi connectivity index (χ2v) is 6.77. The highest BCUT2D eigenvalue weighted by Gasteiger charge is 2.28. The maximum absolute atomic E-state index is 12.2. The predicted octanol–water partition coefficient (Wildman–Crippen LogP) is 2.97. The van der Waals surface area contributed by atoms with E-state index < -0.39 is 12.8 Å². The number of carbonyl (C=O) groups excluding carboxylic acids is 1. The number of aromatic nitrogens is 4. The van der Waals surface area contributed by atoms with E-state index in [1.165, 1.54) is 0 Å². The van der Waals surface area contributed by atoms with Gasteiger partial charge in [0.05, 0.1) is 12.4 Å². The van der Waals surface area contributed by atoms with Crippen molar-refractivity contribution in [2.45, 2.75) is 18.6 Å². The number of hydrogen-bond acceptors (Lipinski definition) is 8. The first-order valence-corrected chi connectivity index (χ1v) is 9.53. The Morgan fingerprint density at radius 1 is 1.06 bits per heavy atom. The van der Waals surface area contributed by atoms with Crippen molar-refractivity contribution in [3.05, 3.63) is 48.9 Å². The lowest BCUT2D eigenvalue weighted by atomic mass is 10.2. The van der Waals surface area contributed by atoms with Crippen LogP contribution in [0.3, 0.4) is 0 Å². The third-order valence-corrected chi connectivity index (χ3v) is 4.35. The summed E-state index contributed by atoms with van der Waals surface area (Å²) in [5.41, 5.74) is 0.721. The zero-order chi connectivity index (χ0) is 22.6. The SMILES string of the molecule is O=C1NCC[C@@H]1Nc1ccnc(-c2ccc(Oc3cnc(OCC(F)(F)F)cn3)cc2)n1. The van der Waals surface area contributed by atoms with Crippen LogP contribution in [0.25, 0.3) is 11.4 Å². The van der Waals surface area contributed by atoms with Crippen molar-refractivity contribution in [1.82, 2.24) is 25.3 Å². The average molecular weight is 446 g/mol. The number of carbonyl (C=O) groups is 1. The standard InChI is InChI=1S/C20H17F3N6O3/c21-20(22,23)11-31-16-9-27-17(10-26-16)32-13-3-1-12(2-4-13)18-24-8-6-15(29-18)28-14-5-7-25-19(14)30/h1-4,6,8-10,14H,5,7,11H2,(H,25,30)(H,24,28,29)/t14-/m0/s1. The summed E-state index contributed by atoms with van der Waals surface area (Å²) in [5, 5.41) is 5.85. The van der Waals surface area contributed by atoms with Crippen LogP contribution in [0.2, 0.25) is 0 Å². The summed E-state index contributed by atoms with van der Waals surface area (Å²) in [6, 6.07) is 8.18. The molecule has 1 amide bonds. The summed E-state index contributed by atoms with van der Waals surface area (Å²) in [4.78, 5) is 28.0. The summed E-state index contributed by atoms with van der Waals surface area (Å²) in [7, 11) is 0. The lowest BCUT2D eigenvalue weighted by molar-refractivity contribution is -0.154. The van der Waals surface area contributed by atoms with Crippen molar-refractivity contribution in [1.29, 1.82) is 0 Å². The molecule has 9 nitrogen and oxygen atoms in total. The topological polar surface area (TPSA) is 111 Å². The fourth-order valence-electron chi connectivity index (χ4n) is 2.87. The number of amides is 1. The van der Waals surface area contributed by atoms with Gasteiger partial charge in [0.1, 0.15) is 17.6 Å². The van der Waals surface area contributed by atoms with Gasteiger partial charge in [-0.2, -0.15) is 13.2 Å². The fraction of sp³-hybridized carbons (Fsp3) is 0.250. The largest absolute Gasteiger partial charge is 0.467 e. The van der Waals surface area contributed by atoms with Gasteiger partial charge in [0.25, 0.3) is 0 Å². The van der Waals surface area contributed by atoms with Gasteiger partial charge in [-0.3, -0.25) is 4.79 Å². The first kappa shape index (κ1) is 21.3. The molecule has 0 unspecified atom stereocenters. The molecule has 0 aliphatic carbocycles. The molecule has 4 rings (SSSR count). The third-order valence-electron chi connectivity index (χ3n) is 4.35. The molecule has 2 N–H and O–H groups in total. The molecule has 1 aliphatic heterocycles. The number of rotatable bonds is 7. The zero-order valence-corrected chi connectivity index (χ0v) is 16.5. The van der Waals surface area contributed by atoms with Crippen LogP contribution in [0.1, 0.15) is 6.42 Å². The molecular formula is C20H17F3N6O3. The van der Waals surface area contributed by atoms with Gasteiger partial charge in [0, 0.05) is 18.3 Å². The molecule has 0 spiro atoms. The number of ether oxygens (including phenoxy) is 2. The Hall–Kier alpha value is -3.96. The van der Waals surface area contributed by atoms with E-state index in [4.69, 9.17) is 4.74 Å². The molecule has 0 saturated carbocycles. The minimum Gasteiger partial charge on any atom is -0.467 e. The van der Waals surface area contributed by atoms with E-state index >= 15 is 0 Å². The molecule has 1 fully saturated rings. The Morgan fingerprint density at radius 3 is 2.47 bits per heavy atom. The maximum Gasteiger partial charge on any atom is 0.422 e. The van der Waals surface area contributed by atoms with E-state index in [0.29, 0.717) is 30.4 Å². The first-order chi connectivity index (χ1) is 15.4. The number of hydrogen-bond donors (Lipinski definition) is 2. The molecular weight excluding hydrogens is 429 g/mol. The summed E-state index contributed by atoms with van der Waals surface area (Å²) in [6.07, 6.45) is 0.0366. The van der Waals surface area contributed by atoms with Crippen LogP contribution in [0, 0.1) is 0 Å². The molecule has 12 heteroatoms. The Morgan fingerprint density at radius 2 is 1.81 bits per heavy atom. The van der Waals surface area contributed by atoms with Gasteiger partial charge in [-0.1, -0.05) is 0 Å². The minimum atomic E-state index is -4.46. The van der Waals surface area contributed by atoms with E-state index in [1.54, 1.807) is 36.5 Å². The Labute approximate surface area is 180 Å². The molecule has 1 aliphatic rings. The fourth-order valence-corrected chi connectivity index (χ4v) is 2.87.